The molecule has 3 atom stereocenters. The van der Waals surface area contributed by atoms with E-state index in [2.05, 4.69) is 10.3 Å². The first-order valence-electron chi connectivity index (χ1n) is 15.1. The molecule has 0 amide bonds. The highest BCUT2D eigenvalue weighted by Crippen LogP contribution is 2.43. The van der Waals surface area contributed by atoms with Gasteiger partial charge in [-0.3, -0.25) is 19.6 Å². The molecule has 1 aromatic heterocycles. The van der Waals surface area contributed by atoms with Gasteiger partial charge in [0.05, 0.1) is 30.2 Å². The van der Waals surface area contributed by atoms with E-state index in [0.29, 0.717) is 16.4 Å². The number of carboxylic acids is 1. The minimum absolute atomic E-state index is 0.00172. The number of hydrogen-bond donors (Lipinski definition) is 2. The number of nitrogens with zero attached hydrogens (tertiary/aromatic N) is 4. The molecule has 0 saturated carbocycles. The van der Waals surface area contributed by atoms with Crippen molar-refractivity contribution in [2.45, 2.75) is 64.6 Å². The fourth-order valence-corrected chi connectivity index (χ4v) is 6.43. The van der Waals surface area contributed by atoms with E-state index in [9.17, 15) is 19.1 Å². The zero-order valence-electron chi connectivity index (χ0n) is 26.4. The average Bonchev–Trinajstić information content (AvgIpc) is 3.69. The number of likely N-dealkylation sites (tertiary alicyclic amines) is 2. The highest BCUT2D eigenvalue weighted by atomic mass is 32.1. The first kappa shape index (κ1) is 28.5. The standard InChI is InChI=1S/C30H36F3N5O4S/c1-5-42-27(39)22-20(35-25(26-34-11-14-43-26)36-23(22)18-7-6-8-19(31)17(18)2)15-38-16-30(32,33)24-21(38)9-12-37(24)13-10-29(3,4)28(40)41/h6-8,11,14,21,23-24H,5,9-10,12-13,15-16H2,1-4H3,(H,35,36)(H,40,41)/i13D2. The van der Waals surface area contributed by atoms with E-state index in [0.717, 1.165) is 4.90 Å². The van der Waals surface area contributed by atoms with E-state index < -0.39 is 66.7 Å². The summed E-state index contributed by atoms with van der Waals surface area (Å²) in [6, 6.07) is 1.15. The molecule has 2 N–H and O–H groups in total. The molecule has 232 valence electrons. The minimum atomic E-state index is -3.34. The number of alkyl halides is 2. The monoisotopic (exact) mass is 621 g/mol. The Morgan fingerprint density at radius 3 is 2.77 bits per heavy atom. The van der Waals surface area contributed by atoms with Crippen LogP contribution < -0.4 is 5.32 Å². The van der Waals surface area contributed by atoms with Crippen molar-refractivity contribution in [2.75, 3.05) is 32.7 Å². The molecule has 2 saturated heterocycles. The molecule has 43 heavy (non-hydrogen) atoms. The third kappa shape index (κ3) is 6.07. The molecule has 2 aromatic rings. The number of rotatable bonds is 10. The number of aliphatic carboxylic acids is 1. The van der Waals surface area contributed by atoms with Crippen LogP contribution in [0.4, 0.5) is 13.2 Å². The van der Waals surface area contributed by atoms with Crippen LogP contribution >= 0.6 is 11.3 Å². The predicted octanol–water partition coefficient (Wildman–Crippen LogP) is 4.39. The van der Waals surface area contributed by atoms with Crippen molar-refractivity contribution in [1.29, 1.82) is 0 Å². The number of fused-ring (bicyclic) bond motifs is 1. The second-order valence-corrected chi connectivity index (χ2v) is 12.5. The summed E-state index contributed by atoms with van der Waals surface area (Å²) < 4.78 is 69.1. The molecule has 5 rings (SSSR count). The van der Waals surface area contributed by atoms with E-state index >= 15 is 8.78 Å². The molecule has 2 fully saturated rings. The highest BCUT2D eigenvalue weighted by molar-refractivity contribution is 7.11. The number of esters is 1. The van der Waals surface area contributed by atoms with E-state index in [1.165, 1.54) is 42.2 Å². The normalized spacial score (nSPS) is 25.1. The molecule has 1 aromatic carbocycles. The van der Waals surface area contributed by atoms with Gasteiger partial charge in [-0.2, -0.15) is 0 Å². The zero-order chi connectivity index (χ0) is 32.9. The van der Waals surface area contributed by atoms with Crippen LogP contribution in [0.3, 0.4) is 0 Å². The third-order valence-corrected chi connectivity index (χ3v) is 8.99. The lowest BCUT2D eigenvalue weighted by atomic mass is 9.89. The van der Waals surface area contributed by atoms with Crippen LogP contribution in [0.25, 0.3) is 0 Å². The number of hydrogen-bond acceptors (Lipinski definition) is 9. The fraction of sp³-hybridized carbons (Fsp3) is 0.533. The summed E-state index contributed by atoms with van der Waals surface area (Å²) in [5.74, 6) is -5.48. The largest absolute Gasteiger partial charge is 0.481 e. The summed E-state index contributed by atoms with van der Waals surface area (Å²) in [5, 5.41) is 14.9. The molecule has 3 unspecified atom stereocenters. The molecular weight excluding hydrogens is 583 g/mol. The molecule has 0 radical (unpaired) electrons. The number of aromatic nitrogens is 1. The van der Waals surface area contributed by atoms with Gasteiger partial charge in [0.2, 0.25) is 0 Å². The lowest BCUT2D eigenvalue weighted by Crippen LogP contribution is -2.46. The van der Waals surface area contributed by atoms with Gasteiger partial charge in [0, 0.05) is 39.1 Å². The molecule has 0 aliphatic carbocycles. The molecule has 3 aliphatic heterocycles. The van der Waals surface area contributed by atoms with Crippen molar-refractivity contribution in [3.63, 3.8) is 0 Å². The van der Waals surface area contributed by atoms with Crippen LogP contribution in [0.15, 0.2) is 46.0 Å². The van der Waals surface area contributed by atoms with Crippen molar-refractivity contribution < 1.29 is 35.3 Å². The molecule has 0 bridgehead atoms. The fourth-order valence-electron chi connectivity index (χ4n) is 5.84. The van der Waals surface area contributed by atoms with Gasteiger partial charge in [0.1, 0.15) is 11.9 Å². The maximum Gasteiger partial charge on any atom is 0.338 e. The summed E-state index contributed by atoms with van der Waals surface area (Å²) in [6.07, 6.45) is 1.31. The summed E-state index contributed by atoms with van der Waals surface area (Å²) in [7, 11) is 0. The van der Waals surface area contributed by atoms with Crippen molar-refractivity contribution in [2.24, 2.45) is 10.4 Å². The Hall–Kier alpha value is -3.29. The second-order valence-electron chi connectivity index (χ2n) is 11.6. The van der Waals surface area contributed by atoms with E-state index in [4.69, 9.17) is 12.5 Å². The smallest absolute Gasteiger partial charge is 0.338 e. The Morgan fingerprint density at radius 2 is 2.09 bits per heavy atom. The predicted molar refractivity (Wildman–Crippen MR) is 156 cm³/mol. The minimum Gasteiger partial charge on any atom is -0.481 e. The average molecular weight is 622 g/mol. The Bertz CT molecular complexity index is 1540. The van der Waals surface area contributed by atoms with Gasteiger partial charge in [-0.1, -0.05) is 12.1 Å². The summed E-state index contributed by atoms with van der Waals surface area (Å²) in [4.78, 5) is 36.9. The number of aliphatic imine (C=N–C) groups is 1. The van der Waals surface area contributed by atoms with Crippen molar-refractivity contribution in [3.8, 4) is 0 Å². The first-order chi connectivity index (χ1) is 21.1. The van der Waals surface area contributed by atoms with Gasteiger partial charge in [-0.25, -0.2) is 22.9 Å². The van der Waals surface area contributed by atoms with E-state index in [-0.39, 0.29) is 43.0 Å². The lowest BCUT2D eigenvalue weighted by Gasteiger charge is -2.31. The first-order valence-corrected chi connectivity index (χ1v) is 15.0. The summed E-state index contributed by atoms with van der Waals surface area (Å²) in [6.45, 7) is 2.81. The van der Waals surface area contributed by atoms with Crippen LogP contribution in [0.5, 0.6) is 0 Å². The van der Waals surface area contributed by atoms with E-state index in [1.54, 1.807) is 31.5 Å². The lowest BCUT2D eigenvalue weighted by molar-refractivity contribution is -0.147. The van der Waals surface area contributed by atoms with E-state index in [1.807, 2.05) is 0 Å². The topological polar surface area (TPSA) is 107 Å². The number of benzene rings is 1. The van der Waals surface area contributed by atoms with Crippen molar-refractivity contribution in [3.05, 3.63) is 63.0 Å². The molecule has 4 heterocycles. The highest BCUT2D eigenvalue weighted by Gasteiger charge is 2.59. The number of thiazole rings is 1. The number of ether oxygens (including phenoxy) is 1. The third-order valence-electron chi connectivity index (χ3n) is 8.21. The number of amidine groups is 1. The Morgan fingerprint density at radius 1 is 1.33 bits per heavy atom. The molecular formula is C30H36F3N5O4S. The number of halogens is 3. The van der Waals surface area contributed by atoms with Crippen LogP contribution in [0, 0.1) is 18.2 Å². The van der Waals surface area contributed by atoms with Gasteiger partial charge in [0.15, 0.2) is 10.8 Å². The second kappa shape index (κ2) is 12.0. The Balaban J connectivity index is 1.54. The van der Waals surface area contributed by atoms with Gasteiger partial charge in [-0.05, 0) is 64.2 Å². The van der Waals surface area contributed by atoms with Gasteiger partial charge < -0.3 is 15.2 Å². The van der Waals surface area contributed by atoms with Crippen LogP contribution in [-0.2, 0) is 14.3 Å². The van der Waals surface area contributed by atoms with Crippen LogP contribution in [-0.4, -0.2) is 88.4 Å². The quantitative estimate of drug-likeness (QED) is 0.377. The number of carbonyl (C=O) groups excluding carboxylic acids is 1. The van der Waals surface area contributed by atoms with Gasteiger partial charge >= 0.3 is 11.9 Å². The zero-order valence-corrected chi connectivity index (χ0v) is 25.2. The summed E-state index contributed by atoms with van der Waals surface area (Å²) in [5.41, 5.74) is -0.468. The van der Waals surface area contributed by atoms with Gasteiger partial charge in [0.25, 0.3) is 5.92 Å². The Kier molecular flexibility index (Phi) is 7.95. The van der Waals surface area contributed by atoms with Crippen LogP contribution in [0.2, 0.25) is 0 Å². The maximum atomic E-state index is 15.8. The summed E-state index contributed by atoms with van der Waals surface area (Å²) >= 11 is 1.28. The van der Waals surface area contributed by atoms with Gasteiger partial charge in [-0.15, -0.1) is 11.3 Å². The van der Waals surface area contributed by atoms with Crippen molar-refractivity contribution >= 4 is 29.1 Å². The Labute approximate surface area is 255 Å². The molecule has 0 spiro atoms. The SMILES string of the molecule is [2H]C([2H])(CC(C)(C)C(=O)O)N1CCC2C1C(F)(F)CN2CC1=C(C(=O)OCC)C(c2cccc(F)c2C)N=C(c2nccs2)N1. The molecule has 13 heteroatoms. The number of nitrogens with one attached hydrogen (secondary N) is 1. The number of carboxylic acid groups (broad SMARTS) is 1. The number of carbonyl (C=O) groups is 2. The molecule has 9 nitrogen and oxygen atoms in total. The van der Waals surface area contributed by atoms with Crippen LogP contribution in [0.1, 0.15) is 58.5 Å². The molecule has 3 aliphatic rings. The van der Waals surface area contributed by atoms with Crippen molar-refractivity contribution in [1.82, 2.24) is 20.1 Å². The maximum absolute atomic E-state index is 15.8.